The molecule has 0 aliphatic heterocycles. The van der Waals surface area contributed by atoms with Crippen LogP contribution in [0.2, 0.25) is 0 Å². The second kappa shape index (κ2) is 56.4. The maximum absolute atomic E-state index is 12.8. The molecule has 392 valence electrons. The fraction of sp³-hybridized carbons (Fsp3) is 0.758. The summed E-state index contributed by atoms with van der Waals surface area (Å²) < 4.78 is 16.8. The second-order valence-electron chi connectivity index (χ2n) is 19.2. The first kappa shape index (κ1) is 64.8. The van der Waals surface area contributed by atoms with Gasteiger partial charge in [0.1, 0.15) is 13.2 Å². The third-order valence-corrected chi connectivity index (χ3v) is 12.5. The molecular formula is C62H108O6. The van der Waals surface area contributed by atoms with E-state index in [1.165, 1.54) is 148 Å². The normalized spacial score (nSPS) is 12.6. The van der Waals surface area contributed by atoms with Gasteiger partial charge in [-0.1, -0.05) is 267 Å². The van der Waals surface area contributed by atoms with Crippen LogP contribution in [0.1, 0.15) is 284 Å². The minimum absolute atomic E-state index is 0.0725. The number of rotatable bonds is 52. The topological polar surface area (TPSA) is 78.9 Å². The number of carbonyl (C=O) groups is 3. The van der Waals surface area contributed by atoms with E-state index in [1.807, 2.05) is 0 Å². The van der Waals surface area contributed by atoms with E-state index in [0.29, 0.717) is 19.3 Å². The summed E-state index contributed by atoms with van der Waals surface area (Å²) >= 11 is 0. The molecule has 0 aromatic heterocycles. The van der Waals surface area contributed by atoms with Gasteiger partial charge < -0.3 is 14.2 Å². The smallest absolute Gasteiger partial charge is 0.306 e. The number of esters is 3. The van der Waals surface area contributed by atoms with Crippen LogP contribution in [0.25, 0.3) is 0 Å². The van der Waals surface area contributed by atoms with Gasteiger partial charge in [-0.2, -0.15) is 0 Å². The lowest BCUT2D eigenvalue weighted by atomic mass is 10.0. The SMILES string of the molecule is CC/C=C\C/C=C\C/C=C\C/C=C\C/C=C\C/C=C\CCCCCCCCCCCCC(=O)OCC(COC(=O)CCCCCCCCCC)OC(=O)CCCCCCCCCCCCCCC. The molecule has 0 saturated carbocycles. The molecule has 68 heavy (non-hydrogen) atoms. The molecule has 0 rings (SSSR count). The molecule has 0 fully saturated rings. The van der Waals surface area contributed by atoms with Crippen molar-refractivity contribution in [3.63, 3.8) is 0 Å². The zero-order chi connectivity index (χ0) is 49.3. The van der Waals surface area contributed by atoms with Gasteiger partial charge in [0, 0.05) is 19.3 Å². The van der Waals surface area contributed by atoms with Gasteiger partial charge in [-0.3, -0.25) is 14.4 Å². The summed E-state index contributed by atoms with van der Waals surface area (Å²) in [4.78, 5) is 37.9. The summed E-state index contributed by atoms with van der Waals surface area (Å²) in [5.74, 6) is -0.873. The number of ether oxygens (including phenoxy) is 3. The van der Waals surface area contributed by atoms with Crippen molar-refractivity contribution in [2.75, 3.05) is 13.2 Å². The van der Waals surface area contributed by atoms with Crippen LogP contribution in [0.4, 0.5) is 0 Å². The maximum Gasteiger partial charge on any atom is 0.306 e. The molecule has 0 saturated heterocycles. The number of hydrogen-bond acceptors (Lipinski definition) is 6. The van der Waals surface area contributed by atoms with Gasteiger partial charge in [0.05, 0.1) is 0 Å². The summed E-state index contributed by atoms with van der Waals surface area (Å²) in [6.07, 6.45) is 72.0. The van der Waals surface area contributed by atoms with Crippen LogP contribution in [0, 0.1) is 0 Å². The standard InChI is InChI=1S/C62H108O6/c1-4-7-10-13-16-19-21-23-24-25-26-27-28-29-30-31-32-33-34-35-36-37-38-40-41-43-46-49-52-55-61(64)67-58-59(57-66-60(63)54-51-48-45-18-15-12-9-6-3)68-62(65)56-53-50-47-44-42-39-22-20-17-14-11-8-5-2/h7,10,16,19,23-24,26-27,29-30,32-33,59H,4-6,8-9,11-15,17-18,20-22,25,28,31,34-58H2,1-3H3/b10-7-,19-16-,24-23-,27-26-,30-29-,33-32-. The summed E-state index contributed by atoms with van der Waals surface area (Å²) in [5.41, 5.74) is 0. The molecule has 0 amide bonds. The largest absolute Gasteiger partial charge is 0.462 e. The Morgan fingerprint density at radius 1 is 0.309 bits per heavy atom. The van der Waals surface area contributed by atoms with Crippen molar-refractivity contribution < 1.29 is 28.6 Å². The van der Waals surface area contributed by atoms with Crippen LogP contribution in [0.3, 0.4) is 0 Å². The molecule has 0 spiro atoms. The van der Waals surface area contributed by atoms with Gasteiger partial charge >= 0.3 is 17.9 Å². The predicted molar refractivity (Wildman–Crippen MR) is 293 cm³/mol. The van der Waals surface area contributed by atoms with Crippen molar-refractivity contribution in [3.8, 4) is 0 Å². The van der Waals surface area contributed by atoms with Gasteiger partial charge in [-0.15, -0.1) is 0 Å². The highest BCUT2D eigenvalue weighted by atomic mass is 16.6. The van der Waals surface area contributed by atoms with Crippen LogP contribution >= 0.6 is 0 Å². The molecule has 0 radical (unpaired) electrons. The van der Waals surface area contributed by atoms with Crippen molar-refractivity contribution >= 4 is 17.9 Å². The Kier molecular flexibility index (Phi) is 53.8. The van der Waals surface area contributed by atoms with Crippen LogP contribution in [0.15, 0.2) is 72.9 Å². The summed E-state index contributed by atoms with van der Waals surface area (Å²) in [6, 6.07) is 0. The molecule has 6 nitrogen and oxygen atoms in total. The highest BCUT2D eigenvalue weighted by molar-refractivity contribution is 5.71. The fourth-order valence-electron chi connectivity index (χ4n) is 8.15. The van der Waals surface area contributed by atoms with E-state index in [2.05, 4.69) is 93.7 Å². The van der Waals surface area contributed by atoms with E-state index < -0.39 is 6.10 Å². The molecular weight excluding hydrogens is 841 g/mol. The van der Waals surface area contributed by atoms with E-state index in [0.717, 1.165) is 96.3 Å². The Labute approximate surface area is 421 Å². The molecule has 1 unspecified atom stereocenters. The van der Waals surface area contributed by atoms with Gasteiger partial charge in [-0.25, -0.2) is 0 Å². The van der Waals surface area contributed by atoms with Crippen LogP contribution in [-0.4, -0.2) is 37.2 Å². The molecule has 0 bridgehead atoms. The Balaban J connectivity index is 4.13. The third-order valence-electron chi connectivity index (χ3n) is 12.5. The Hall–Kier alpha value is -3.15. The van der Waals surface area contributed by atoms with Crippen molar-refractivity contribution in [2.45, 2.75) is 290 Å². The van der Waals surface area contributed by atoms with Gasteiger partial charge in [0.25, 0.3) is 0 Å². The zero-order valence-corrected chi connectivity index (χ0v) is 44.9. The van der Waals surface area contributed by atoms with Gasteiger partial charge in [0.15, 0.2) is 6.10 Å². The molecule has 0 N–H and O–H groups in total. The van der Waals surface area contributed by atoms with Crippen molar-refractivity contribution in [3.05, 3.63) is 72.9 Å². The Morgan fingerprint density at radius 2 is 0.574 bits per heavy atom. The summed E-state index contributed by atoms with van der Waals surface area (Å²) in [6.45, 7) is 6.51. The van der Waals surface area contributed by atoms with Gasteiger partial charge in [-0.05, 0) is 70.6 Å². The molecule has 1 atom stereocenters. The average molecular weight is 950 g/mol. The first-order chi connectivity index (χ1) is 33.5. The van der Waals surface area contributed by atoms with E-state index in [9.17, 15) is 14.4 Å². The first-order valence-electron chi connectivity index (χ1n) is 28.9. The highest BCUT2D eigenvalue weighted by Crippen LogP contribution is 2.16. The number of unbranched alkanes of at least 4 members (excludes halogenated alkanes) is 29. The van der Waals surface area contributed by atoms with E-state index >= 15 is 0 Å². The first-order valence-corrected chi connectivity index (χ1v) is 28.9. The molecule has 0 aliphatic carbocycles. The number of hydrogen-bond donors (Lipinski definition) is 0. The fourth-order valence-corrected chi connectivity index (χ4v) is 8.15. The monoisotopic (exact) mass is 949 g/mol. The molecule has 6 heteroatoms. The zero-order valence-electron chi connectivity index (χ0n) is 44.9. The van der Waals surface area contributed by atoms with Crippen LogP contribution in [0.5, 0.6) is 0 Å². The lowest BCUT2D eigenvalue weighted by Gasteiger charge is -2.18. The second-order valence-corrected chi connectivity index (χ2v) is 19.2. The Bertz CT molecular complexity index is 1270. The van der Waals surface area contributed by atoms with Crippen molar-refractivity contribution in [1.82, 2.24) is 0 Å². The van der Waals surface area contributed by atoms with E-state index in [-0.39, 0.29) is 31.1 Å². The third kappa shape index (κ3) is 53.8. The minimum Gasteiger partial charge on any atom is -0.462 e. The van der Waals surface area contributed by atoms with Gasteiger partial charge in [0.2, 0.25) is 0 Å². The summed E-state index contributed by atoms with van der Waals surface area (Å²) in [5, 5.41) is 0. The minimum atomic E-state index is -0.771. The molecule has 0 heterocycles. The molecule has 0 aliphatic rings. The lowest BCUT2D eigenvalue weighted by Crippen LogP contribution is -2.30. The highest BCUT2D eigenvalue weighted by Gasteiger charge is 2.19. The van der Waals surface area contributed by atoms with E-state index in [1.54, 1.807) is 0 Å². The summed E-state index contributed by atoms with van der Waals surface area (Å²) in [7, 11) is 0. The number of allylic oxidation sites excluding steroid dienone is 12. The lowest BCUT2D eigenvalue weighted by molar-refractivity contribution is -0.167. The van der Waals surface area contributed by atoms with Crippen LogP contribution in [-0.2, 0) is 28.6 Å². The maximum atomic E-state index is 12.8. The quantitative estimate of drug-likeness (QED) is 0.0262. The Morgan fingerprint density at radius 3 is 0.897 bits per heavy atom. The average Bonchev–Trinajstić information content (AvgIpc) is 3.34. The van der Waals surface area contributed by atoms with Crippen molar-refractivity contribution in [1.29, 1.82) is 0 Å². The predicted octanol–water partition coefficient (Wildman–Crippen LogP) is 19.4. The van der Waals surface area contributed by atoms with E-state index in [4.69, 9.17) is 14.2 Å². The molecule has 0 aromatic carbocycles. The van der Waals surface area contributed by atoms with Crippen molar-refractivity contribution in [2.24, 2.45) is 0 Å². The number of carbonyl (C=O) groups excluding carboxylic acids is 3. The molecule has 0 aromatic rings. The van der Waals surface area contributed by atoms with Crippen LogP contribution < -0.4 is 0 Å².